The van der Waals surface area contributed by atoms with E-state index in [2.05, 4.69) is 26.6 Å². The second-order valence-corrected chi connectivity index (χ2v) is 7.09. The molecule has 2 amide bonds. The van der Waals surface area contributed by atoms with E-state index in [1.807, 2.05) is 6.92 Å². The SMILES string of the molecule is Cc1ccc(C(=O)NCC(=O)OCC(=O)Nc2cc3c(cc2Br)OCCO3)cc1. The fourth-order valence-electron chi connectivity index (χ4n) is 2.50. The molecule has 29 heavy (non-hydrogen) atoms. The summed E-state index contributed by atoms with van der Waals surface area (Å²) in [5, 5.41) is 5.08. The summed E-state index contributed by atoms with van der Waals surface area (Å²) in [5.74, 6) is -0.545. The molecule has 1 aliphatic rings. The molecule has 0 saturated carbocycles. The Bertz CT molecular complexity index is 929. The van der Waals surface area contributed by atoms with Crippen LogP contribution in [0, 0.1) is 6.92 Å². The topological polar surface area (TPSA) is 103 Å². The number of ether oxygens (including phenoxy) is 3. The third kappa shape index (κ3) is 5.71. The number of halogens is 1. The molecule has 3 rings (SSSR count). The average Bonchev–Trinajstić information content (AvgIpc) is 2.71. The van der Waals surface area contributed by atoms with E-state index < -0.39 is 24.4 Å². The predicted molar refractivity (Wildman–Crippen MR) is 108 cm³/mol. The van der Waals surface area contributed by atoms with Crippen LogP contribution in [0.2, 0.25) is 0 Å². The van der Waals surface area contributed by atoms with Gasteiger partial charge in [-0.15, -0.1) is 0 Å². The molecular formula is C20H19BrN2O6. The lowest BCUT2D eigenvalue weighted by molar-refractivity contribution is -0.146. The maximum absolute atomic E-state index is 12.1. The van der Waals surface area contributed by atoms with Gasteiger partial charge < -0.3 is 24.8 Å². The largest absolute Gasteiger partial charge is 0.486 e. The van der Waals surface area contributed by atoms with Gasteiger partial charge in [-0.1, -0.05) is 17.7 Å². The molecule has 0 aromatic heterocycles. The van der Waals surface area contributed by atoms with Crippen molar-refractivity contribution >= 4 is 39.4 Å². The van der Waals surface area contributed by atoms with E-state index in [1.165, 1.54) is 0 Å². The lowest BCUT2D eigenvalue weighted by Crippen LogP contribution is -2.32. The standard InChI is InChI=1S/C20H19BrN2O6/c1-12-2-4-13(5-3-12)20(26)22-10-19(25)29-11-18(24)23-15-9-17-16(8-14(15)21)27-6-7-28-17/h2-5,8-9H,6-7,10-11H2,1H3,(H,22,26)(H,23,24). The number of hydrogen-bond donors (Lipinski definition) is 2. The highest BCUT2D eigenvalue weighted by molar-refractivity contribution is 9.10. The van der Waals surface area contributed by atoms with E-state index in [4.69, 9.17) is 14.2 Å². The van der Waals surface area contributed by atoms with Crippen LogP contribution in [0.3, 0.4) is 0 Å². The molecule has 2 aromatic carbocycles. The van der Waals surface area contributed by atoms with Crippen LogP contribution in [0.5, 0.6) is 11.5 Å². The number of rotatable bonds is 6. The Hall–Kier alpha value is -3.07. The van der Waals surface area contributed by atoms with Crippen molar-refractivity contribution < 1.29 is 28.6 Å². The summed E-state index contributed by atoms with van der Waals surface area (Å²) in [5.41, 5.74) is 1.92. The van der Waals surface area contributed by atoms with Gasteiger partial charge in [0.25, 0.3) is 11.8 Å². The summed E-state index contributed by atoms with van der Waals surface area (Å²) in [4.78, 5) is 35.8. The zero-order valence-electron chi connectivity index (χ0n) is 15.6. The van der Waals surface area contributed by atoms with E-state index in [0.717, 1.165) is 5.56 Å². The minimum atomic E-state index is -0.721. The van der Waals surface area contributed by atoms with Gasteiger partial charge in [0.1, 0.15) is 19.8 Å². The van der Waals surface area contributed by atoms with Crippen molar-refractivity contribution in [2.24, 2.45) is 0 Å². The van der Waals surface area contributed by atoms with Gasteiger partial charge in [0.05, 0.1) is 5.69 Å². The average molecular weight is 463 g/mol. The van der Waals surface area contributed by atoms with Crippen LogP contribution < -0.4 is 20.1 Å². The number of carbonyl (C=O) groups is 3. The minimum Gasteiger partial charge on any atom is -0.486 e. The fourth-order valence-corrected chi connectivity index (χ4v) is 2.92. The van der Waals surface area contributed by atoms with Crippen molar-refractivity contribution in [3.63, 3.8) is 0 Å². The molecule has 8 nitrogen and oxygen atoms in total. The maximum atomic E-state index is 12.1. The van der Waals surface area contributed by atoms with Crippen molar-refractivity contribution in [2.75, 3.05) is 31.7 Å². The van der Waals surface area contributed by atoms with E-state index in [-0.39, 0.29) is 6.54 Å². The first-order valence-electron chi connectivity index (χ1n) is 8.82. The highest BCUT2D eigenvalue weighted by Gasteiger charge is 2.17. The van der Waals surface area contributed by atoms with E-state index in [9.17, 15) is 14.4 Å². The number of amides is 2. The van der Waals surface area contributed by atoms with E-state index >= 15 is 0 Å². The first kappa shape index (κ1) is 20.7. The fraction of sp³-hybridized carbons (Fsp3) is 0.250. The summed E-state index contributed by atoms with van der Waals surface area (Å²) < 4.78 is 16.4. The van der Waals surface area contributed by atoms with Gasteiger partial charge >= 0.3 is 5.97 Å². The first-order chi connectivity index (χ1) is 13.9. The molecule has 1 heterocycles. The first-order valence-corrected chi connectivity index (χ1v) is 9.61. The second-order valence-electron chi connectivity index (χ2n) is 6.23. The van der Waals surface area contributed by atoms with Gasteiger partial charge in [-0.2, -0.15) is 0 Å². The Labute approximate surface area is 175 Å². The Morgan fingerprint density at radius 2 is 1.72 bits per heavy atom. The highest BCUT2D eigenvalue weighted by Crippen LogP contribution is 2.38. The number of aryl methyl sites for hydroxylation is 1. The molecule has 2 aromatic rings. The highest BCUT2D eigenvalue weighted by atomic mass is 79.9. The normalized spacial score (nSPS) is 12.1. The van der Waals surface area contributed by atoms with Crippen LogP contribution in [0.15, 0.2) is 40.9 Å². The summed E-state index contributed by atoms with van der Waals surface area (Å²) >= 11 is 3.35. The van der Waals surface area contributed by atoms with E-state index in [0.29, 0.717) is 40.4 Å². The van der Waals surface area contributed by atoms with Crippen molar-refractivity contribution in [3.05, 3.63) is 52.0 Å². The molecule has 0 radical (unpaired) electrons. The Balaban J connectivity index is 1.45. The molecule has 9 heteroatoms. The van der Waals surface area contributed by atoms with Gasteiger partial charge in [-0.3, -0.25) is 14.4 Å². The van der Waals surface area contributed by atoms with Crippen LogP contribution in [-0.2, 0) is 14.3 Å². The molecule has 0 spiro atoms. The number of nitrogens with one attached hydrogen (secondary N) is 2. The molecule has 0 fully saturated rings. The second kappa shape index (κ2) is 9.42. The number of hydrogen-bond acceptors (Lipinski definition) is 6. The Morgan fingerprint density at radius 1 is 1.07 bits per heavy atom. The zero-order valence-corrected chi connectivity index (χ0v) is 17.2. The molecular weight excluding hydrogens is 444 g/mol. The summed E-state index contributed by atoms with van der Waals surface area (Å²) in [7, 11) is 0. The summed E-state index contributed by atoms with van der Waals surface area (Å²) in [6.07, 6.45) is 0. The Kier molecular flexibility index (Phi) is 6.71. The van der Waals surface area contributed by atoms with Crippen LogP contribution in [0.25, 0.3) is 0 Å². The van der Waals surface area contributed by atoms with Gasteiger partial charge in [-0.25, -0.2) is 0 Å². The van der Waals surface area contributed by atoms with Crippen molar-refractivity contribution in [1.82, 2.24) is 5.32 Å². The van der Waals surface area contributed by atoms with Crippen LogP contribution in [0.4, 0.5) is 5.69 Å². The third-order valence-corrected chi connectivity index (χ3v) is 4.63. The minimum absolute atomic E-state index is 0.340. The molecule has 0 atom stereocenters. The smallest absolute Gasteiger partial charge is 0.325 e. The van der Waals surface area contributed by atoms with Crippen molar-refractivity contribution in [1.29, 1.82) is 0 Å². The van der Waals surface area contributed by atoms with Crippen LogP contribution in [-0.4, -0.2) is 44.1 Å². The lowest BCUT2D eigenvalue weighted by Gasteiger charge is -2.20. The quantitative estimate of drug-likeness (QED) is 0.639. The predicted octanol–water partition coefficient (Wildman–Crippen LogP) is 2.44. The zero-order chi connectivity index (χ0) is 20.8. The number of anilines is 1. The third-order valence-electron chi connectivity index (χ3n) is 3.98. The van der Waals surface area contributed by atoms with Crippen molar-refractivity contribution in [3.8, 4) is 11.5 Å². The molecule has 0 bridgehead atoms. The Morgan fingerprint density at radius 3 is 2.41 bits per heavy atom. The number of esters is 1. The van der Waals surface area contributed by atoms with Crippen LogP contribution in [0.1, 0.15) is 15.9 Å². The molecule has 0 saturated heterocycles. The van der Waals surface area contributed by atoms with Gasteiger partial charge in [0.2, 0.25) is 0 Å². The van der Waals surface area contributed by atoms with Gasteiger partial charge in [0.15, 0.2) is 18.1 Å². The van der Waals surface area contributed by atoms with Crippen molar-refractivity contribution in [2.45, 2.75) is 6.92 Å². The molecule has 152 valence electrons. The molecule has 0 aliphatic carbocycles. The molecule has 0 unspecified atom stereocenters. The van der Waals surface area contributed by atoms with E-state index in [1.54, 1.807) is 36.4 Å². The van der Waals surface area contributed by atoms with Gasteiger partial charge in [-0.05, 0) is 35.0 Å². The van der Waals surface area contributed by atoms with Gasteiger partial charge in [0, 0.05) is 22.2 Å². The van der Waals surface area contributed by atoms with Crippen LogP contribution >= 0.6 is 15.9 Å². The summed E-state index contributed by atoms with van der Waals surface area (Å²) in [6, 6.07) is 10.2. The number of carbonyl (C=O) groups excluding carboxylic acids is 3. The molecule has 2 N–H and O–H groups in total. The summed E-state index contributed by atoms with van der Waals surface area (Å²) in [6.45, 7) is 1.97. The number of fused-ring (bicyclic) bond motifs is 1. The number of benzene rings is 2. The maximum Gasteiger partial charge on any atom is 0.325 e. The monoisotopic (exact) mass is 462 g/mol. The molecule has 1 aliphatic heterocycles. The lowest BCUT2D eigenvalue weighted by atomic mass is 10.1.